The van der Waals surface area contributed by atoms with Gasteiger partial charge in [0.05, 0.1) is 37.1 Å². The predicted molar refractivity (Wildman–Crippen MR) is 191 cm³/mol. The lowest BCUT2D eigenvalue weighted by Crippen LogP contribution is -2.52. The number of Topliss-reactive ketones (excluding diaryl/α,β-unsaturated/α-hetero) is 1. The maximum absolute atomic E-state index is 14.4. The van der Waals surface area contributed by atoms with Gasteiger partial charge in [-0.2, -0.15) is 0 Å². The molecule has 1 fully saturated rings. The number of methoxy groups -OCH3 is 1. The van der Waals surface area contributed by atoms with Gasteiger partial charge in [0.15, 0.2) is 5.78 Å². The molecule has 7 nitrogen and oxygen atoms in total. The number of carbonyl (C=O) groups excluding carboxylic acids is 2. The molecule has 7 heteroatoms. The van der Waals surface area contributed by atoms with Crippen LogP contribution in [0.1, 0.15) is 55.5 Å². The summed E-state index contributed by atoms with van der Waals surface area (Å²) < 4.78 is 5.88. The molecule has 4 aromatic carbocycles. The topological polar surface area (TPSA) is 65.1 Å². The first-order valence-electron chi connectivity index (χ1n) is 17.0. The molecule has 0 saturated carbocycles. The number of ether oxygens (including phenoxy) is 1. The number of amides is 1. The van der Waals surface area contributed by atoms with E-state index in [0.717, 1.165) is 47.7 Å². The van der Waals surface area contributed by atoms with Crippen molar-refractivity contribution < 1.29 is 14.3 Å². The minimum atomic E-state index is -0.485. The number of hydrogen-bond donors (Lipinski definition) is 1. The first-order chi connectivity index (χ1) is 23.3. The summed E-state index contributed by atoms with van der Waals surface area (Å²) in [6.07, 6.45) is 1.19. The fourth-order valence-corrected chi connectivity index (χ4v) is 7.80. The summed E-state index contributed by atoms with van der Waals surface area (Å²) in [5.74, 6) is 0.856. The highest BCUT2D eigenvalue weighted by molar-refractivity contribution is 6.02. The molecule has 48 heavy (non-hydrogen) atoms. The Bertz CT molecular complexity index is 1770. The van der Waals surface area contributed by atoms with Crippen LogP contribution in [-0.2, 0) is 9.59 Å². The molecule has 2 heterocycles. The highest BCUT2D eigenvalue weighted by atomic mass is 16.5. The summed E-state index contributed by atoms with van der Waals surface area (Å²) in [6, 6.07) is 36.9. The second kappa shape index (κ2) is 13.3. The van der Waals surface area contributed by atoms with E-state index in [1.165, 1.54) is 11.1 Å². The van der Waals surface area contributed by atoms with Crippen molar-refractivity contribution in [1.29, 1.82) is 0 Å². The second-order valence-electron chi connectivity index (χ2n) is 13.9. The normalized spacial score (nSPS) is 19.3. The molecule has 1 N–H and O–H groups in total. The summed E-state index contributed by atoms with van der Waals surface area (Å²) in [5, 5.41) is 3.66. The van der Waals surface area contributed by atoms with E-state index in [1.54, 1.807) is 7.11 Å². The van der Waals surface area contributed by atoms with E-state index in [2.05, 4.69) is 89.6 Å². The highest BCUT2D eigenvalue weighted by Gasteiger charge is 2.43. The number of anilines is 2. The third-order valence-corrected chi connectivity index (χ3v) is 10.0. The smallest absolute Gasteiger partial charge is 0.242 e. The number of piperazine rings is 1. The Balaban J connectivity index is 1.21. The Morgan fingerprint density at radius 3 is 2.08 bits per heavy atom. The van der Waals surface area contributed by atoms with Gasteiger partial charge in [-0.25, -0.2) is 0 Å². The Labute approximate surface area is 283 Å². The Morgan fingerprint density at radius 1 is 0.812 bits per heavy atom. The standard InChI is InChI=1S/C41H44N4O3/c1-41(2)26-33-38(35(46)27-41)40(31-18-10-13-21-36(31)48-3)45(34-20-12-11-19-32(34)42-33)28-37(47)43-22-24-44(25-23-43)39(29-14-6-4-7-15-29)30-16-8-5-9-17-30/h4-21,39-40,42H,22-28H2,1-3H3. The van der Waals surface area contributed by atoms with Crippen molar-refractivity contribution in [3.05, 3.63) is 137 Å². The molecule has 1 amide bonds. The van der Waals surface area contributed by atoms with Crippen LogP contribution in [0.25, 0.3) is 0 Å². The molecule has 1 saturated heterocycles. The summed E-state index contributed by atoms with van der Waals surface area (Å²) in [7, 11) is 1.66. The van der Waals surface area contributed by atoms with Gasteiger partial charge in [0.1, 0.15) is 5.75 Å². The van der Waals surface area contributed by atoms with E-state index >= 15 is 0 Å². The van der Waals surface area contributed by atoms with Crippen LogP contribution in [0, 0.1) is 5.41 Å². The van der Waals surface area contributed by atoms with Crippen LogP contribution in [0.15, 0.2) is 120 Å². The average Bonchev–Trinajstić information content (AvgIpc) is 3.23. The van der Waals surface area contributed by atoms with E-state index in [0.29, 0.717) is 25.3 Å². The van der Waals surface area contributed by atoms with Crippen LogP contribution in [0.4, 0.5) is 11.4 Å². The summed E-state index contributed by atoms with van der Waals surface area (Å²) >= 11 is 0. The quantitative estimate of drug-likeness (QED) is 0.230. The van der Waals surface area contributed by atoms with Gasteiger partial charge in [-0.3, -0.25) is 14.5 Å². The molecule has 7 rings (SSSR count). The fraction of sp³-hybridized carbons (Fsp3) is 0.317. The zero-order valence-corrected chi connectivity index (χ0v) is 28.1. The highest BCUT2D eigenvalue weighted by Crippen LogP contribution is 2.49. The molecular formula is C41H44N4O3. The molecule has 1 unspecified atom stereocenters. The number of nitrogens with one attached hydrogen (secondary N) is 1. The lowest BCUT2D eigenvalue weighted by atomic mass is 9.73. The van der Waals surface area contributed by atoms with Crippen molar-refractivity contribution in [3.8, 4) is 5.75 Å². The Hall–Kier alpha value is -4.88. The van der Waals surface area contributed by atoms with Crippen molar-refractivity contribution >= 4 is 23.1 Å². The number of nitrogens with zero attached hydrogens (tertiary/aromatic N) is 3. The number of allylic oxidation sites excluding steroid dienone is 1. The summed E-state index contributed by atoms with van der Waals surface area (Å²) in [4.78, 5) is 35.1. The van der Waals surface area contributed by atoms with Gasteiger partial charge < -0.3 is 19.9 Å². The lowest BCUT2D eigenvalue weighted by molar-refractivity contribution is -0.131. The molecule has 246 valence electrons. The largest absolute Gasteiger partial charge is 0.496 e. The molecule has 4 aromatic rings. The van der Waals surface area contributed by atoms with Crippen LogP contribution in [0.3, 0.4) is 0 Å². The lowest BCUT2D eigenvalue weighted by Gasteiger charge is -2.42. The average molecular weight is 641 g/mol. The molecule has 0 bridgehead atoms. The number of fused-ring (bicyclic) bond motifs is 1. The molecule has 0 spiro atoms. The van der Waals surface area contributed by atoms with Gasteiger partial charge in [-0.1, -0.05) is 105 Å². The second-order valence-corrected chi connectivity index (χ2v) is 13.9. The van der Waals surface area contributed by atoms with E-state index in [1.807, 2.05) is 53.4 Å². The van der Waals surface area contributed by atoms with Crippen LogP contribution in [0.2, 0.25) is 0 Å². The maximum Gasteiger partial charge on any atom is 0.242 e. The van der Waals surface area contributed by atoms with Gasteiger partial charge in [-0.05, 0) is 41.2 Å². The van der Waals surface area contributed by atoms with Crippen LogP contribution in [0.5, 0.6) is 5.75 Å². The maximum atomic E-state index is 14.4. The minimum absolute atomic E-state index is 0.0490. The molecule has 2 aliphatic heterocycles. The summed E-state index contributed by atoms with van der Waals surface area (Å²) in [5.41, 5.74) is 6.66. The van der Waals surface area contributed by atoms with E-state index in [9.17, 15) is 9.59 Å². The molecule has 0 aromatic heterocycles. The van der Waals surface area contributed by atoms with Crippen molar-refractivity contribution in [2.45, 2.75) is 38.8 Å². The number of para-hydroxylation sites is 3. The Morgan fingerprint density at radius 2 is 1.42 bits per heavy atom. The van der Waals surface area contributed by atoms with Crippen molar-refractivity contribution in [3.63, 3.8) is 0 Å². The first-order valence-corrected chi connectivity index (χ1v) is 17.0. The van der Waals surface area contributed by atoms with Crippen LogP contribution < -0.4 is 15.0 Å². The molecule has 3 aliphatic rings. The number of carbonyl (C=O) groups is 2. The first kappa shape index (κ1) is 31.7. The number of rotatable bonds is 7. The van der Waals surface area contributed by atoms with Gasteiger partial charge in [0.25, 0.3) is 0 Å². The van der Waals surface area contributed by atoms with Gasteiger partial charge in [0.2, 0.25) is 5.91 Å². The van der Waals surface area contributed by atoms with Crippen LogP contribution in [-0.4, -0.2) is 61.3 Å². The van der Waals surface area contributed by atoms with E-state index in [-0.39, 0.29) is 29.7 Å². The van der Waals surface area contributed by atoms with Crippen molar-refractivity contribution in [2.75, 3.05) is 50.1 Å². The van der Waals surface area contributed by atoms with Gasteiger partial charge in [-0.15, -0.1) is 0 Å². The van der Waals surface area contributed by atoms with Crippen molar-refractivity contribution in [1.82, 2.24) is 9.80 Å². The molecule has 1 aliphatic carbocycles. The molecule has 0 radical (unpaired) electrons. The fourth-order valence-electron chi connectivity index (χ4n) is 7.80. The third kappa shape index (κ3) is 6.22. The predicted octanol–water partition coefficient (Wildman–Crippen LogP) is 7.25. The number of ketones is 1. The number of benzene rings is 4. The van der Waals surface area contributed by atoms with Gasteiger partial charge in [0, 0.05) is 49.4 Å². The summed E-state index contributed by atoms with van der Waals surface area (Å²) in [6.45, 7) is 7.20. The molecule has 1 atom stereocenters. The van der Waals surface area contributed by atoms with Crippen LogP contribution >= 0.6 is 0 Å². The number of hydrogen-bond acceptors (Lipinski definition) is 6. The SMILES string of the molecule is COc1ccccc1C1C2=C(CC(C)(C)CC2=O)Nc2ccccc2N1CC(=O)N1CCN(C(c2ccccc2)c2ccccc2)CC1. The zero-order valence-electron chi connectivity index (χ0n) is 28.1. The third-order valence-electron chi connectivity index (χ3n) is 10.0. The van der Waals surface area contributed by atoms with Gasteiger partial charge >= 0.3 is 0 Å². The minimum Gasteiger partial charge on any atom is -0.496 e. The van der Waals surface area contributed by atoms with Crippen molar-refractivity contribution in [2.24, 2.45) is 5.41 Å². The monoisotopic (exact) mass is 640 g/mol. The zero-order chi connectivity index (χ0) is 33.3. The Kier molecular flexibility index (Phi) is 8.80. The van der Waals surface area contributed by atoms with E-state index in [4.69, 9.17) is 4.74 Å². The van der Waals surface area contributed by atoms with E-state index < -0.39 is 6.04 Å². The molecular weight excluding hydrogens is 596 g/mol.